The zero-order valence-electron chi connectivity index (χ0n) is 10.1. The van der Waals surface area contributed by atoms with Crippen LogP contribution < -0.4 is 0 Å². The third kappa shape index (κ3) is 2.33. The fraction of sp³-hybridized carbons (Fsp3) is 0.308. The van der Waals surface area contributed by atoms with E-state index >= 15 is 0 Å². The SMILES string of the molecule is CCc1c[nH]c(=S)n1-c1ccccc1COC. The van der Waals surface area contributed by atoms with Crippen molar-refractivity contribution < 1.29 is 4.74 Å². The van der Waals surface area contributed by atoms with E-state index in [0.717, 1.165) is 22.4 Å². The number of imidazole rings is 1. The van der Waals surface area contributed by atoms with Gasteiger partial charge in [-0.2, -0.15) is 0 Å². The third-order valence-electron chi connectivity index (χ3n) is 2.75. The first-order valence-electron chi connectivity index (χ1n) is 5.64. The predicted molar refractivity (Wildman–Crippen MR) is 71.0 cm³/mol. The molecule has 0 bridgehead atoms. The van der Waals surface area contributed by atoms with Gasteiger partial charge in [0.2, 0.25) is 0 Å². The molecule has 0 aliphatic heterocycles. The Bertz CT molecular complexity index is 557. The Balaban J connectivity index is 2.59. The number of aromatic amines is 1. The largest absolute Gasteiger partial charge is 0.380 e. The molecule has 1 heterocycles. The number of ether oxygens (including phenoxy) is 1. The van der Waals surface area contributed by atoms with Gasteiger partial charge in [0.05, 0.1) is 12.3 Å². The molecule has 4 heteroatoms. The molecule has 1 N–H and O–H groups in total. The molecule has 2 aromatic rings. The monoisotopic (exact) mass is 248 g/mol. The number of H-pyrrole nitrogens is 1. The van der Waals surface area contributed by atoms with Gasteiger partial charge in [-0.1, -0.05) is 25.1 Å². The summed E-state index contributed by atoms with van der Waals surface area (Å²) in [4.78, 5) is 3.09. The Morgan fingerprint density at radius 2 is 2.12 bits per heavy atom. The summed E-state index contributed by atoms with van der Waals surface area (Å²) in [6.45, 7) is 2.71. The minimum absolute atomic E-state index is 0.590. The zero-order valence-corrected chi connectivity index (χ0v) is 10.9. The van der Waals surface area contributed by atoms with Crippen molar-refractivity contribution >= 4 is 12.2 Å². The fourth-order valence-electron chi connectivity index (χ4n) is 1.94. The van der Waals surface area contributed by atoms with E-state index in [-0.39, 0.29) is 0 Å². The van der Waals surface area contributed by atoms with E-state index in [9.17, 15) is 0 Å². The molecule has 0 fully saturated rings. The maximum absolute atomic E-state index is 5.33. The first-order valence-corrected chi connectivity index (χ1v) is 6.05. The van der Waals surface area contributed by atoms with E-state index in [2.05, 4.69) is 28.6 Å². The van der Waals surface area contributed by atoms with Gasteiger partial charge in [-0.15, -0.1) is 0 Å². The topological polar surface area (TPSA) is 29.9 Å². The van der Waals surface area contributed by atoms with E-state index in [1.54, 1.807) is 7.11 Å². The summed E-state index contributed by atoms with van der Waals surface area (Å²) < 4.78 is 8.02. The molecule has 0 radical (unpaired) electrons. The van der Waals surface area contributed by atoms with Gasteiger partial charge in [0.1, 0.15) is 0 Å². The van der Waals surface area contributed by atoms with Gasteiger partial charge in [-0.3, -0.25) is 4.57 Å². The first-order chi connectivity index (χ1) is 8.27. The number of aromatic nitrogens is 2. The molecule has 17 heavy (non-hydrogen) atoms. The summed E-state index contributed by atoms with van der Waals surface area (Å²) in [6.07, 6.45) is 2.90. The van der Waals surface area contributed by atoms with Crippen molar-refractivity contribution in [3.05, 3.63) is 46.5 Å². The molecular weight excluding hydrogens is 232 g/mol. The number of aryl methyl sites for hydroxylation is 1. The molecule has 0 unspecified atom stereocenters. The highest BCUT2D eigenvalue weighted by Crippen LogP contribution is 2.18. The highest BCUT2D eigenvalue weighted by molar-refractivity contribution is 7.71. The standard InChI is InChI=1S/C13H16N2OS/c1-3-11-8-14-13(17)15(11)12-7-5-4-6-10(12)9-16-2/h4-8H,3,9H2,1-2H3,(H,14,17). The number of nitrogens with zero attached hydrogens (tertiary/aromatic N) is 1. The van der Waals surface area contributed by atoms with Crippen molar-refractivity contribution in [1.82, 2.24) is 9.55 Å². The minimum Gasteiger partial charge on any atom is -0.380 e. The fourth-order valence-corrected chi connectivity index (χ4v) is 2.21. The quantitative estimate of drug-likeness (QED) is 0.842. The summed E-state index contributed by atoms with van der Waals surface area (Å²) >= 11 is 5.33. The van der Waals surface area contributed by atoms with Crippen molar-refractivity contribution in [2.45, 2.75) is 20.0 Å². The lowest BCUT2D eigenvalue weighted by Gasteiger charge is -2.12. The molecule has 0 aliphatic rings. The van der Waals surface area contributed by atoms with E-state index in [1.165, 1.54) is 5.69 Å². The van der Waals surface area contributed by atoms with Crippen LogP contribution in [0, 0.1) is 4.77 Å². The zero-order chi connectivity index (χ0) is 12.3. The normalized spacial score (nSPS) is 10.7. The van der Waals surface area contributed by atoms with Crippen molar-refractivity contribution in [1.29, 1.82) is 0 Å². The summed E-state index contributed by atoms with van der Waals surface area (Å²) in [5.74, 6) is 0. The van der Waals surface area contributed by atoms with Crippen molar-refractivity contribution in [2.24, 2.45) is 0 Å². The summed E-state index contributed by atoms with van der Waals surface area (Å²) in [5.41, 5.74) is 3.41. The molecule has 0 saturated heterocycles. The van der Waals surface area contributed by atoms with Gasteiger partial charge in [0.25, 0.3) is 0 Å². The molecule has 90 valence electrons. The molecule has 1 aromatic carbocycles. The Hall–Kier alpha value is -1.39. The van der Waals surface area contributed by atoms with Crippen LogP contribution in [0.15, 0.2) is 30.5 Å². The van der Waals surface area contributed by atoms with E-state index in [1.807, 2.05) is 18.3 Å². The number of hydrogen-bond acceptors (Lipinski definition) is 2. The van der Waals surface area contributed by atoms with Crippen LogP contribution in [0.4, 0.5) is 0 Å². The lowest BCUT2D eigenvalue weighted by molar-refractivity contribution is 0.184. The van der Waals surface area contributed by atoms with Gasteiger partial charge in [-0.25, -0.2) is 0 Å². The first kappa shape index (κ1) is 12.1. The number of nitrogens with one attached hydrogen (secondary N) is 1. The second-order valence-corrected chi connectivity index (χ2v) is 4.22. The Morgan fingerprint density at radius 1 is 1.35 bits per heavy atom. The average molecular weight is 248 g/mol. The number of para-hydroxylation sites is 1. The molecular formula is C13H16N2OS. The molecule has 0 aliphatic carbocycles. The Kier molecular flexibility index (Phi) is 3.76. The number of rotatable bonds is 4. The van der Waals surface area contributed by atoms with E-state index in [4.69, 9.17) is 17.0 Å². The van der Waals surface area contributed by atoms with E-state index in [0.29, 0.717) is 6.61 Å². The number of benzene rings is 1. The maximum Gasteiger partial charge on any atom is 0.182 e. The second kappa shape index (κ2) is 5.29. The van der Waals surface area contributed by atoms with Gasteiger partial charge < -0.3 is 9.72 Å². The number of hydrogen-bond donors (Lipinski definition) is 1. The van der Waals surface area contributed by atoms with Crippen molar-refractivity contribution in [3.63, 3.8) is 0 Å². The maximum atomic E-state index is 5.33. The van der Waals surface area contributed by atoms with Gasteiger partial charge in [0.15, 0.2) is 4.77 Å². The molecule has 0 atom stereocenters. The van der Waals surface area contributed by atoms with Crippen LogP contribution >= 0.6 is 12.2 Å². The van der Waals surface area contributed by atoms with Crippen molar-refractivity contribution in [3.8, 4) is 5.69 Å². The summed E-state index contributed by atoms with van der Waals surface area (Å²) in [6, 6.07) is 8.16. The molecule has 0 amide bonds. The highest BCUT2D eigenvalue weighted by Gasteiger charge is 2.08. The predicted octanol–water partition coefficient (Wildman–Crippen LogP) is 3.24. The lowest BCUT2D eigenvalue weighted by Crippen LogP contribution is -2.04. The van der Waals surface area contributed by atoms with Crippen LogP contribution in [0.5, 0.6) is 0 Å². The van der Waals surface area contributed by atoms with Crippen molar-refractivity contribution in [2.75, 3.05) is 7.11 Å². The Labute approximate surface area is 106 Å². The average Bonchev–Trinajstić information content (AvgIpc) is 2.72. The molecule has 0 saturated carbocycles. The third-order valence-corrected chi connectivity index (χ3v) is 3.05. The van der Waals surface area contributed by atoms with Gasteiger partial charge in [0, 0.05) is 24.6 Å². The van der Waals surface area contributed by atoms with Crippen LogP contribution in [0.2, 0.25) is 0 Å². The smallest absolute Gasteiger partial charge is 0.182 e. The highest BCUT2D eigenvalue weighted by atomic mass is 32.1. The molecule has 3 nitrogen and oxygen atoms in total. The van der Waals surface area contributed by atoms with Crippen LogP contribution in [0.1, 0.15) is 18.2 Å². The van der Waals surface area contributed by atoms with Crippen LogP contribution in [0.3, 0.4) is 0 Å². The summed E-state index contributed by atoms with van der Waals surface area (Å²) in [5, 5.41) is 0. The second-order valence-electron chi connectivity index (χ2n) is 3.84. The van der Waals surface area contributed by atoms with Gasteiger partial charge in [-0.05, 0) is 24.7 Å². The lowest BCUT2D eigenvalue weighted by atomic mass is 10.2. The molecule has 2 rings (SSSR count). The Morgan fingerprint density at radius 3 is 2.82 bits per heavy atom. The summed E-state index contributed by atoms with van der Waals surface area (Å²) in [7, 11) is 1.70. The van der Waals surface area contributed by atoms with Crippen LogP contribution in [-0.2, 0) is 17.8 Å². The van der Waals surface area contributed by atoms with Gasteiger partial charge >= 0.3 is 0 Å². The van der Waals surface area contributed by atoms with E-state index < -0.39 is 0 Å². The minimum atomic E-state index is 0.590. The molecule has 0 spiro atoms. The van der Waals surface area contributed by atoms with Crippen LogP contribution in [0.25, 0.3) is 5.69 Å². The number of methoxy groups -OCH3 is 1. The van der Waals surface area contributed by atoms with Crippen LogP contribution in [-0.4, -0.2) is 16.7 Å². The molecule has 1 aromatic heterocycles.